The van der Waals surface area contributed by atoms with E-state index in [0.29, 0.717) is 6.54 Å². The molecule has 0 spiro atoms. The van der Waals surface area contributed by atoms with E-state index < -0.39 is 0 Å². The van der Waals surface area contributed by atoms with Crippen LogP contribution in [0.1, 0.15) is 80.4 Å². The molecule has 0 radical (unpaired) electrons. The molecule has 0 saturated carbocycles. The lowest BCUT2D eigenvalue weighted by atomic mass is 10.0. The number of fused-ring (bicyclic) bond motifs is 1. The summed E-state index contributed by atoms with van der Waals surface area (Å²) in [6, 6.07) is 10.5. The normalized spacial score (nSPS) is 13.1. The number of aromatic nitrogens is 5. The molecule has 0 aliphatic heterocycles. The zero-order chi connectivity index (χ0) is 25.2. The summed E-state index contributed by atoms with van der Waals surface area (Å²) in [6.45, 7) is 14.0. The third-order valence-electron chi connectivity index (χ3n) is 6.92. The first kappa shape index (κ1) is 25.3. The number of hydrogen-bond acceptors (Lipinski definition) is 6. The number of pyridine rings is 1. The van der Waals surface area contributed by atoms with Crippen molar-refractivity contribution in [2.75, 3.05) is 0 Å². The van der Waals surface area contributed by atoms with E-state index in [9.17, 15) is 4.79 Å². The van der Waals surface area contributed by atoms with Gasteiger partial charge in [0.25, 0.3) is 5.56 Å². The molecule has 0 aliphatic rings. The maximum atomic E-state index is 13.2. The zero-order valence-corrected chi connectivity index (χ0v) is 22.4. The van der Waals surface area contributed by atoms with Crippen LogP contribution in [0, 0.1) is 13.8 Å². The number of nitrogens with zero attached hydrogens (tertiary/aromatic N) is 5. The average Bonchev–Trinajstić information content (AvgIpc) is 3.51. The smallest absolute Gasteiger partial charge is 0.252 e. The standard InChI is InChI=1S/C27H36N6OS/c1-7-10-23(25-29-30-31-33(25)27(5,6)8-2)32(17-22-11-9-12-35-22)16-21-15-20-14-18(3)13-19(4)24(20)28-26(21)34/h9,11-15,23H,7-8,10,16-17H2,1-6H3,(H,28,34). The summed E-state index contributed by atoms with van der Waals surface area (Å²) >= 11 is 1.73. The fourth-order valence-electron chi connectivity index (χ4n) is 4.68. The Hall–Kier alpha value is -2.84. The number of rotatable bonds is 10. The van der Waals surface area contributed by atoms with Crippen LogP contribution in [-0.2, 0) is 18.6 Å². The molecular formula is C27H36N6OS. The van der Waals surface area contributed by atoms with Gasteiger partial charge in [-0.3, -0.25) is 9.69 Å². The zero-order valence-electron chi connectivity index (χ0n) is 21.6. The van der Waals surface area contributed by atoms with Gasteiger partial charge >= 0.3 is 0 Å². The van der Waals surface area contributed by atoms with E-state index in [4.69, 9.17) is 0 Å². The summed E-state index contributed by atoms with van der Waals surface area (Å²) in [5.74, 6) is 0.860. The maximum absolute atomic E-state index is 13.2. The fourth-order valence-corrected chi connectivity index (χ4v) is 5.41. The van der Waals surface area contributed by atoms with Crippen molar-refractivity contribution in [1.29, 1.82) is 0 Å². The number of thiophene rings is 1. The second-order valence-corrected chi connectivity index (χ2v) is 11.1. The van der Waals surface area contributed by atoms with Gasteiger partial charge in [-0.05, 0) is 85.5 Å². The Morgan fingerprint density at radius 2 is 1.97 bits per heavy atom. The van der Waals surface area contributed by atoms with Crippen molar-refractivity contribution in [3.05, 3.63) is 73.5 Å². The van der Waals surface area contributed by atoms with Gasteiger partial charge in [-0.25, -0.2) is 4.68 Å². The van der Waals surface area contributed by atoms with E-state index in [2.05, 4.69) is 95.7 Å². The Kier molecular flexibility index (Phi) is 7.52. The molecule has 0 amide bonds. The van der Waals surface area contributed by atoms with E-state index >= 15 is 0 Å². The molecule has 4 aromatic rings. The lowest BCUT2D eigenvalue weighted by molar-refractivity contribution is 0.147. The molecule has 3 heterocycles. The van der Waals surface area contributed by atoms with Gasteiger partial charge in [0, 0.05) is 23.5 Å². The van der Waals surface area contributed by atoms with Crippen LogP contribution in [0.25, 0.3) is 10.9 Å². The highest BCUT2D eigenvalue weighted by Gasteiger charge is 2.31. The fraction of sp³-hybridized carbons (Fsp3) is 0.481. The highest BCUT2D eigenvalue weighted by Crippen LogP contribution is 2.32. The molecule has 1 aromatic carbocycles. The highest BCUT2D eigenvalue weighted by atomic mass is 32.1. The number of nitrogens with one attached hydrogen (secondary N) is 1. The van der Waals surface area contributed by atoms with Crippen molar-refractivity contribution in [2.24, 2.45) is 0 Å². The number of hydrogen-bond donors (Lipinski definition) is 1. The summed E-state index contributed by atoms with van der Waals surface area (Å²) in [7, 11) is 0. The van der Waals surface area contributed by atoms with Crippen molar-refractivity contribution < 1.29 is 0 Å². The van der Waals surface area contributed by atoms with Gasteiger partial charge in [0.2, 0.25) is 0 Å². The molecule has 0 aliphatic carbocycles. The van der Waals surface area contributed by atoms with Crippen LogP contribution in [0.2, 0.25) is 0 Å². The van der Waals surface area contributed by atoms with Gasteiger partial charge in [0.05, 0.1) is 17.1 Å². The molecular weight excluding hydrogens is 456 g/mol. The van der Waals surface area contributed by atoms with Crippen LogP contribution in [-0.4, -0.2) is 30.1 Å². The molecule has 1 atom stereocenters. The van der Waals surface area contributed by atoms with Gasteiger partial charge < -0.3 is 4.98 Å². The molecule has 186 valence electrons. The molecule has 1 N–H and O–H groups in total. The molecule has 1 unspecified atom stereocenters. The largest absolute Gasteiger partial charge is 0.321 e. The molecule has 3 aromatic heterocycles. The Morgan fingerprint density at radius 3 is 2.66 bits per heavy atom. The molecule has 8 heteroatoms. The number of aromatic amines is 1. The van der Waals surface area contributed by atoms with E-state index in [0.717, 1.165) is 53.7 Å². The molecule has 0 saturated heterocycles. The molecule has 0 fully saturated rings. The molecule has 0 bridgehead atoms. The van der Waals surface area contributed by atoms with Gasteiger partial charge in [-0.1, -0.05) is 38.0 Å². The van der Waals surface area contributed by atoms with Gasteiger partial charge in [-0.15, -0.1) is 16.4 Å². The Labute approximate surface area is 211 Å². The van der Waals surface area contributed by atoms with E-state index in [-0.39, 0.29) is 17.1 Å². The second kappa shape index (κ2) is 10.4. The van der Waals surface area contributed by atoms with Crippen LogP contribution in [0.3, 0.4) is 0 Å². The number of tetrazole rings is 1. The monoisotopic (exact) mass is 492 g/mol. The van der Waals surface area contributed by atoms with Gasteiger partial charge in [0.15, 0.2) is 5.82 Å². The summed E-state index contributed by atoms with van der Waals surface area (Å²) in [4.78, 5) is 20.0. The number of benzene rings is 1. The first-order valence-electron chi connectivity index (χ1n) is 12.4. The predicted molar refractivity (Wildman–Crippen MR) is 143 cm³/mol. The second-order valence-electron chi connectivity index (χ2n) is 10.1. The average molecular weight is 493 g/mol. The lowest BCUT2D eigenvalue weighted by Crippen LogP contribution is -2.36. The Bertz CT molecular complexity index is 1340. The lowest BCUT2D eigenvalue weighted by Gasteiger charge is -2.33. The van der Waals surface area contributed by atoms with Crippen LogP contribution in [0.5, 0.6) is 0 Å². The van der Waals surface area contributed by atoms with Crippen molar-refractivity contribution in [2.45, 2.75) is 85.5 Å². The first-order valence-corrected chi connectivity index (χ1v) is 13.3. The summed E-state index contributed by atoms with van der Waals surface area (Å²) in [6.07, 6.45) is 2.80. The molecule has 4 rings (SSSR count). The maximum Gasteiger partial charge on any atom is 0.252 e. The Morgan fingerprint density at radius 1 is 1.17 bits per heavy atom. The Balaban J connectivity index is 1.79. The highest BCUT2D eigenvalue weighted by molar-refractivity contribution is 7.09. The SMILES string of the molecule is CCCC(c1nnnn1C(C)(C)CC)N(Cc1cccs1)Cc1cc2cc(C)cc(C)c2[nH]c1=O. The summed E-state index contributed by atoms with van der Waals surface area (Å²) in [5, 5.41) is 16.1. The minimum Gasteiger partial charge on any atom is -0.321 e. The van der Waals surface area contributed by atoms with Crippen LogP contribution in [0.15, 0.2) is 40.5 Å². The van der Waals surface area contributed by atoms with Gasteiger partial charge in [0.1, 0.15) is 0 Å². The van der Waals surface area contributed by atoms with Crippen LogP contribution < -0.4 is 5.56 Å². The van der Waals surface area contributed by atoms with E-state index in [1.54, 1.807) is 11.3 Å². The first-order chi connectivity index (χ1) is 16.7. The topological polar surface area (TPSA) is 79.7 Å². The predicted octanol–water partition coefficient (Wildman–Crippen LogP) is 5.88. The van der Waals surface area contributed by atoms with E-state index in [1.165, 1.54) is 10.4 Å². The number of H-pyrrole nitrogens is 1. The third kappa shape index (κ3) is 5.38. The van der Waals surface area contributed by atoms with Gasteiger partial charge in [-0.2, -0.15) is 0 Å². The third-order valence-corrected chi connectivity index (χ3v) is 7.78. The van der Waals surface area contributed by atoms with Crippen molar-refractivity contribution in [3.8, 4) is 0 Å². The quantitative estimate of drug-likeness (QED) is 0.299. The minimum absolute atomic E-state index is 0.0164. The molecule has 35 heavy (non-hydrogen) atoms. The molecule has 7 nitrogen and oxygen atoms in total. The summed E-state index contributed by atoms with van der Waals surface area (Å²) in [5.41, 5.74) is 3.71. The van der Waals surface area contributed by atoms with Crippen LogP contribution >= 0.6 is 11.3 Å². The summed E-state index contributed by atoms with van der Waals surface area (Å²) < 4.78 is 1.98. The number of aryl methyl sites for hydroxylation is 2. The van der Waals surface area contributed by atoms with Crippen molar-refractivity contribution >= 4 is 22.2 Å². The minimum atomic E-state index is -0.200. The van der Waals surface area contributed by atoms with E-state index in [1.807, 2.05) is 11.6 Å². The van der Waals surface area contributed by atoms with Crippen LogP contribution in [0.4, 0.5) is 0 Å². The van der Waals surface area contributed by atoms with Crippen molar-refractivity contribution in [1.82, 2.24) is 30.1 Å². The van der Waals surface area contributed by atoms with Crippen molar-refractivity contribution in [3.63, 3.8) is 0 Å².